The molecule has 1 rings (SSSR count). The van der Waals surface area contributed by atoms with Gasteiger partial charge in [-0.05, 0) is 12.1 Å². The fourth-order valence-electron chi connectivity index (χ4n) is 0.574. The summed E-state index contributed by atoms with van der Waals surface area (Å²) in [7, 11) is 0. The van der Waals surface area contributed by atoms with Gasteiger partial charge in [0.25, 0.3) is 4.52 Å². The van der Waals surface area contributed by atoms with E-state index in [1.54, 1.807) is 24.4 Å². The van der Waals surface area contributed by atoms with Crippen LogP contribution in [0.4, 0.5) is 0 Å². The van der Waals surface area contributed by atoms with Crippen LogP contribution < -0.4 is 0 Å². The number of hydrogen-bond donors (Lipinski definition) is 0. The van der Waals surface area contributed by atoms with E-state index in [9.17, 15) is 0 Å². The van der Waals surface area contributed by atoms with Gasteiger partial charge in [0.15, 0.2) is 0 Å². The summed E-state index contributed by atoms with van der Waals surface area (Å²) in [4.78, 5) is 3.85. The highest BCUT2D eigenvalue weighted by molar-refractivity contribution is 6.47. The third kappa shape index (κ3) is 2.20. The Hall–Kier alpha value is -0.0200. The quantitative estimate of drug-likeness (QED) is 0.703. The Morgan fingerprint density at radius 2 is 2.09 bits per heavy atom. The van der Waals surface area contributed by atoms with Crippen molar-refractivity contribution in [3.8, 4) is 0 Å². The predicted octanol–water partition coefficient (Wildman–Crippen LogP) is 2.84. The third-order valence-corrected chi connectivity index (χ3v) is 1.99. The molecule has 0 unspecified atom stereocenters. The largest absolute Gasteiger partial charge is 0.278 e. The molecule has 1 aromatic heterocycles. The number of alkyl halides is 2. The molecule has 0 aliphatic heterocycles. The summed E-state index contributed by atoms with van der Waals surface area (Å²) in [5.74, 6) is 0. The first-order chi connectivity index (χ1) is 5.17. The van der Waals surface area contributed by atoms with Crippen LogP contribution in [0.25, 0.3) is 0 Å². The average molecular weight is 212 g/mol. The Bertz CT molecular complexity index is 227. The minimum atomic E-state index is -1.57. The summed E-state index contributed by atoms with van der Waals surface area (Å²) in [6.07, 6.45) is 1.55. The van der Waals surface area contributed by atoms with Crippen LogP contribution in [-0.2, 0) is 8.81 Å². The molecule has 0 aliphatic carbocycles. The van der Waals surface area contributed by atoms with Crippen molar-refractivity contribution in [3.63, 3.8) is 0 Å². The van der Waals surface area contributed by atoms with E-state index in [0.717, 1.165) is 0 Å². The Morgan fingerprint density at radius 1 is 1.36 bits per heavy atom. The molecule has 60 valence electrons. The van der Waals surface area contributed by atoms with Crippen LogP contribution in [0.1, 0.15) is 5.69 Å². The molecule has 1 heterocycles. The highest BCUT2D eigenvalue weighted by Gasteiger charge is 2.28. The molecule has 0 saturated carbocycles. The second-order valence-corrected chi connectivity index (χ2v) is 3.22. The third-order valence-electron chi connectivity index (χ3n) is 1.06. The molecule has 0 fully saturated rings. The van der Waals surface area contributed by atoms with E-state index in [-0.39, 0.29) is 0 Å². The molecule has 0 radical (unpaired) electrons. The molecule has 5 heteroatoms. The van der Waals surface area contributed by atoms with E-state index in [1.165, 1.54) is 0 Å². The van der Waals surface area contributed by atoms with Gasteiger partial charge in [-0.2, -0.15) is 0 Å². The number of nitrogens with zero attached hydrogens (tertiary/aromatic N) is 1. The number of aromatic nitrogens is 1. The molecular formula is C6H4Cl3NO. The van der Waals surface area contributed by atoms with Gasteiger partial charge in [0.2, 0.25) is 0 Å². The molecule has 1 aromatic rings. The summed E-state index contributed by atoms with van der Waals surface area (Å²) in [5.41, 5.74) is 0.360. The minimum Gasteiger partial charge on any atom is -0.255 e. The monoisotopic (exact) mass is 211 g/mol. The van der Waals surface area contributed by atoms with Crippen molar-refractivity contribution in [2.75, 3.05) is 0 Å². The number of halogens is 3. The van der Waals surface area contributed by atoms with E-state index in [0.29, 0.717) is 5.69 Å². The lowest BCUT2D eigenvalue weighted by molar-refractivity contribution is 0.268. The van der Waals surface area contributed by atoms with Crippen LogP contribution in [0.2, 0.25) is 0 Å². The van der Waals surface area contributed by atoms with Crippen molar-refractivity contribution in [3.05, 3.63) is 30.1 Å². The van der Waals surface area contributed by atoms with Gasteiger partial charge in [0.1, 0.15) is 5.69 Å². The van der Waals surface area contributed by atoms with Crippen LogP contribution >= 0.6 is 35.1 Å². The molecule has 11 heavy (non-hydrogen) atoms. The molecule has 0 aliphatic rings. The van der Waals surface area contributed by atoms with Crippen LogP contribution in [0.15, 0.2) is 24.4 Å². The smallest absolute Gasteiger partial charge is 0.255 e. The molecule has 2 nitrogen and oxygen atoms in total. The Morgan fingerprint density at radius 3 is 2.55 bits per heavy atom. The first kappa shape index (κ1) is 9.07. The second-order valence-electron chi connectivity index (χ2n) is 1.81. The summed E-state index contributed by atoms with van der Waals surface area (Å²) in [6.45, 7) is 0. The van der Waals surface area contributed by atoms with Gasteiger partial charge in [-0.3, -0.25) is 4.98 Å². The molecule has 0 atom stereocenters. The maximum absolute atomic E-state index is 5.59. The zero-order valence-electron chi connectivity index (χ0n) is 5.30. The summed E-state index contributed by atoms with van der Waals surface area (Å²) >= 11 is 16.2. The first-order valence-corrected chi connectivity index (χ1v) is 3.82. The molecule has 0 bridgehead atoms. The van der Waals surface area contributed by atoms with Gasteiger partial charge in [-0.15, -0.1) is 0 Å². The second kappa shape index (κ2) is 3.59. The SMILES string of the molecule is ClOC(Cl)(Cl)c1ccccn1. The van der Waals surface area contributed by atoms with E-state index >= 15 is 0 Å². The number of hydrogen-bond acceptors (Lipinski definition) is 2. The zero-order chi connectivity index (χ0) is 8.32. The molecule has 0 amide bonds. The minimum absolute atomic E-state index is 0.360. The lowest BCUT2D eigenvalue weighted by Crippen LogP contribution is -2.11. The van der Waals surface area contributed by atoms with E-state index in [2.05, 4.69) is 9.27 Å². The van der Waals surface area contributed by atoms with E-state index in [4.69, 9.17) is 35.1 Å². The normalized spacial score (nSPS) is 11.5. The van der Waals surface area contributed by atoms with E-state index < -0.39 is 4.52 Å². The van der Waals surface area contributed by atoms with Crippen molar-refractivity contribution < 1.29 is 4.29 Å². The summed E-state index contributed by atoms with van der Waals surface area (Å²) in [5, 5.41) is 0. The van der Waals surface area contributed by atoms with Crippen LogP contribution in [-0.4, -0.2) is 4.98 Å². The van der Waals surface area contributed by atoms with Crippen LogP contribution in [0.3, 0.4) is 0 Å². The van der Waals surface area contributed by atoms with Crippen molar-refractivity contribution in [2.45, 2.75) is 4.52 Å². The van der Waals surface area contributed by atoms with Gasteiger partial charge in [0, 0.05) is 6.20 Å². The summed E-state index contributed by atoms with van der Waals surface area (Å²) in [6, 6.07) is 5.09. The Balaban J connectivity index is 2.93. The fourth-order valence-corrected chi connectivity index (χ4v) is 0.877. The lowest BCUT2D eigenvalue weighted by Gasteiger charge is -2.12. The van der Waals surface area contributed by atoms with Crippen LogP contribution in [0.5, 0.6) is 0 Å². The van der Waals surface area contributed by atoms with E-state index in [1.807, 2.05) is 0 Å². The maximum atomic E-state index is 5.59. The lowest BCUT2D eigenvalue weighted by atomic mass is 10.4. The average Bonchev–Trinajstić information content (AvgIpc) is 2.06. The van der Waals surface area contributed by atoms with Crippen molar-refractivity contribution in [1.82, 2.24) is 4.98 Å². The highest BCUT2D eigenvalue weighted by atomic mass is 35.5. The van der Waals surface area contributed by atoms with Gasteiger partial charge in [0.05, 0.1) is 11.9 Å². The molecule has 0 spiro atoms. The highest BCUT2D eigenvalue weighted by Crippen LogP contribution is 2.34. The van der Waals surface area contributed by atoms with Gasteiger partial charge >= 0.3 is 0 Å². The molecule has 0 saturated heterocycles. The van der Waals surface area contributed by atoms with Crippen LogP contribution in [0, 0.1) is 0 Å². The Labute approximate surface area is 79.2 Å². The van der Waals surface area contributed by atoms with Crippen molar-refractivity contribution in [2.24, 2.45) is 0 Å². The topological polar surface area (TPSA) is 22.1 Å². The first-order valence-electron chi connectivity index (χ1n) is 2.76. The fraction of sp³-hybridized carbons (Fsp3) is 0.167. The zero-order valence-corrected chi connectivity index (χ0v) is 7.57. The van der Waals surface area contributed by atoms with Gasteiger partial charge < -0.3 is 0 Å². The van der Waals surface area contributed by atoms with Gasteiger partial charge in [-0.25, -0.2) is 4.29 Å². The summed E-state index contributed by atoms with van der Waals surface area (Å²) < 4.78 is 2.70. The Kier molecular flexibility index (Phi) is 2.96. The molecular weight excluding hydrogens is 208 g/mol. The standard InChI is InChI=1S/C6H4Cl3NO/c7-6(8,11-9)5-3-1-2-4-10-5/h1-4H. The van der Waals surface area contributed by atoms with Gasteiger partial charge in [-0.1, -0.05) is 29.3 Å². The van der Waals surface area contributed by atoms with Crippen molar-refractivity contribution in [1.29, 1.82) is 0 Å². The maximum Gasteiger partial charge on any atom is 0.278 e. The molecule has 0 aromatic carbocycles. The predicted molar refractivity (Wildman–Crippen MR) is 44.6 cm³/mol. The molecule has 0 N–H and O–H groups in total. The van der Waals surface area contributed by atoms with Crippen molar-refractivity contribution >= 4 is 35.1 Å². The number of pyridine rings is 1. The number of rotatable bonds is 2.